The SMILES string of the molecule is C=C1CC[C@@H](Oc2ccc(C(CC(=O)O)CS(=O)(=O)N(COCC[Si](C)(C)C)COCC[Si](C)(C)C)cc2)C/C=C\C=C1c1c(C)cccc1C. The summed E-state index contributed by atoms with van der Waals surface area (Å²) in [6.07, 6.45) is 8.21. The quantitative estimate of drug-likeness (QED) is 0.0867. The molecule has 0 heterocycles. The number of nitrogens with zero attached hydrogens (tertiary/aromatic N) is 1. The minimum Gasteiger partial charge on any atom is -0.490 e. The van der Waals surface area contributed by atoms with E-state index in [4.69, 9.17) is 14.2 Å². The Morgan fingerprint density at radius 3 is 2.04 bits per heavy atom. The molecule has 11 heteroatoms. The number of carboxylic acid groups (broad SMARTS) is 1. The predicted molar refractivity (Wildman–Crippen MR) is 215 cm³/mol. The number of aliphatic carboxylic acids is 1. The van der Waals surface area contributed by atoms with Crippen LogP contribution < -0.4 is 4.74 Å². The minimum absolute atomic E-state index is 0.0831. The first-order valence-corrected chi connectivity index (χ1v) is 27.1. The second-order valence-electron chi connectivity index (χ2n) is 16.2. The summed E-state index contributed by atoms with van der Waals surface area (Å²) in [6, 6.07) is 15.3. The number of hydrogen-bond donors (Lipinski definition) is 1. The highest BCUT2D eigenvalue weighted by atomic mass is 32.2. The van der Waals surface area contributed by atoms with Crippen LogP contribution in [0, 0.1) is 13.8 Å². The molecule has 0 saturated heterocycles. The van der Waals surface area contributed by atoms with Gasteiger partial charge in [0.05, 0.1) is 12.2 Å². The largest absolute Gasteiger partial charge is 0.490 e. The molecule has 8 nitrogen and oxygen atoms in total. The zero-order chi connectivity index (χ0) is 37.8. The molecule has 1 aliphatic carbocycles. The van der Waals surface area contributed by atoms with Gasteiger partial charge < -0.3 is 19.3 Å². The highest BCUT2D eigenvalue weighted by Crippen LogP contribution is 2.33. The number of benzene rings is 2. The van der Waals surface area contributed by atoms with Crippen molar-refractivity contribution in [2.75, 3.05) is 32.4 Å². The van der Waals surface area contributed by atoms with Crippen molar-refractivity contribution in [1.29, 1.82) is 0 Å². The molecular weight excluding hydrogens is 695 g/mol. The summed E-state index contributed by atoms with van der Waals surface area (Å²) >= 11 is 0. The topological polar surface area (TPSA) is 102 Å². The molecule has 0 aliphatic heterocycles. The van der Waals surface area contributed by atoms with Gasteiger partial charge in [0.1, 0.15) is 25.3 Å². The third-order valence-electron chi connectivity index (χ3n) is 9.04. The van der Waals surface area contributed by atoms with Gasteiger partial charge >= 0.3 is 5.97 Å². The third-order valence-corrected chi connectivity index (χ3v) is 14.3. The number of rotatable bonds is 19. The average molecular weight is 756 g/mol. The van der Waals surface area contributed by atoms with E-state index < -0.39 is 38.1 Å². The molecule has 2 aromatic carbocycles. The molecule has 0 aromatic heterocycles. The summed E-state index contributed by atoms with van der Waals surface area (Å²) in [6.45, 7) is 22.8. The maximum Gasteiger partial charge on any atom is 0.303 e. The molecule has 282 valence electrons. The zero-order valence-electron chi connectivity index (χ0n) is 32.2. The Morgan fingerprint density at radius 2 is 1.51 bits per heavy atom. The van der Waals surface area contributed by atoms with Crippen molar-refractivity contribution in [3.63, 3.8) is 0 Å². The van der Waals surface area contributed by atoms with Gasteiger partial charge in [0, 0.05) is 41.7 Å². The van der Waals surface area contributed by atoms with Crippen molar-refractivity contribution in [3.8, 4) is 5.75 Å². The second-order valence-corrected chi connectivity index (χ2v) is 29.4. The molecule has 1 unspecified atom stereocenters. The molecule has 3 rings (SSSR count). The summed E-state index contributed by atoms with van der Waals surface area (Å²) in [4.78, 5) is 12.0. The van der Waals surface area contributed by atoms with Gasteiger partial charge in [0.2, 0.25) is 10.0 Å². The van der Waals surface area contributed by atoms with E-state index in [0.29, 0.717) is 24.5 Å². The Balaban J connectivity index is 1.71. The molecule has 0 fully saturated rings. The summed E-state index contributed by atoms with van der Waals surface area (Å²) in [7, 11) is -6.67. The number of carbonyl (C=O) groups is 1. The molecule has 0 radical (unpaired) electrons. The van der Waals surface area contributed by atoms with E-state index in [9.17, 15) is 18.3 Å². The summed E-state index contributed by atoms with van der Waals surface area (Å²) in [5.74, 6) is -1.56. The van der Waals surface area contributed by atoms with Crippen LogP contribution in [0.3, 0.4) is 0 Å². The first kappa shape index (κ1) is 42.6. The van der Waals surface area contributed by atoms with Crippen LogP contribution in [0.15, 0.2) is 72.8 Å². The fourth-order valence-corrected chi connectivity index (χ4v) is 8.86. The Kier molecular flexibility index (Phi) is 16.1. The van der Waals surface area contributed by atoms with Gasteiger partial charge in [-0.25, -0.2) is 8.42 Å². The molecular formula is C40H61NO7SSi2. The average Bonchev–Trinajstić information content (AvgIpc) is 3.10. The van der Waals surface area contributed by atoms with Gasteiger partial charge in [-0.05, 0) is 84.3 Å². The molecule has 2 aromatic rings. The van der Waals surface area contributed by atoms with E-state index in [-0.39, 0.29) is 31.7 Å². The van der Waals surface area contributed by atoms with Crippen LogP contribution in [0.1, 0.15) is 53.9 Å². The highest BCUT2D eigenvalue weighted by Gasteiger charge is 2.30. The Bertz CT molecular complexity index is 1580. The lowest BCUT2D eigenvalue weighted by molar-refractivity contribution is -0.137. The van der Waals surface area contributed by atoms with Gasteiger partial charge in [-0.2, -0.15) is 4.31 Å². The molecule has 1 N–H and O–H groups in total. The number of hydrogen-bond acceptors (Lipinski definition) is 6. The number of allylic oxidation sites excluding steroid dienone is 4. The number of ether oxygens (including phenoxy) is 3. The van der Waals surface area contributed by atoms with E-state index >= 15 is 0 Å². The van der Waals surface area contributed by atoms with Gasteiger partial charge in [0.15, 0.2) is 0 Å². The third kappa shape index (κ3) is 15.0. The summed E-state index contributed by atoms with van der Waals surface area (Å²) in [5.41, 5.74) is 6.52. The van der Waals surface area contributed by atoms with Crippen molar-refractivity contribution in [2.45, 2.75) is 103 Å². The molecule has 0 spiro atoms. The van der Waals surface area contributed by atoms with Crippen LogP contribution in [0.5, 0.6) is 5.75 Å². The molecule has 1 aliphatic rings. The fraction of sp³-hybridized carbons (Fsp3) is 0.525. The van der Waals surface area contributed by atoms with Crippen molar-refractivity contribution in [1.82, 2.24) is 4.31 Å². The smallest absolute Gasteiger partial charge is 0.303 e. The van der Waals surface area contributed by atoms with Crippen molar-refractivity contribution in [2.24, 2.45) is 0 Å². The predicted octanol–water partition coefficient (Wildman–Crippen LogP) is 9.25. The van der Waals surface area contributed by atoms with Crippen LogP contribution in [0.4, 0.5) is 0 Å². The van der Waals surface area contributed by atoms with Crippen LogP contribution >= 0.6 is 0 Å². The Hall–Kier alpha value is -2.81. The highest BCUT2D eigenvalue weighted by molar-refractivity contribution is 7.89. The minimum atomic E-state index is -3.94. The fourth-order valence-electron chi connectivity index (χ4n) is 5.85. The second kappa shape index (κ2) is 19.3. The van der Waals surface area contributed by atoms with E-state index in [2.05, 4.69) is 96.1 Å². The van der Waals surface area contributed by atoms with Crippen LogP contribution in [-0.4, -0.2) is 78.5 Å². The normalized spacial score (nSPS) is 17.3. The summed E-state index contributed by atoms with van der Waals surface area (Å²) in [5, 5.41) is 9.77. The maximum atomic E-state index is 13.8. The van der Waals surface area contributed by atoms with Gasteiger partial charge in [-0.15, -0.1) is 0 Å². The number of aryl methyl sites for hydroxylation is 2. The lowest BCUT2D eigenvalue weighted by Crippen LogP contribution is -2.39. The van der Waals surface area contributed by atoms with Crippen LogP contribution in [0.25, 0.3) is 5.57 Å². The monoisotopic (exact) mass is 755 g/mol. The van der Waals surface area contributed by atoms with E-state index in [1.165, 1.54) is 21.0 Å². The number of carboxylic acids is 1. The van der Waals surface area contributed by atoms with Crippen molar-refractivity contribution < 1.29 is 32.5 Å². The lowest BCUT2D eigenvalue weighted by Gasteiger charge is -2.26. The molecule has 51 heavy (non-hydrogen) atoms. The van der Waals surface area contributed by atoms with E-state index in [1.54, 1.807) is 24.3 Å². The molecule has 0 saturated carbocycles. The van der Waals surface area contributed by atoms with Gasteiger partial charge in [-0.3, -0.25) is 4.79 Å². The number of sulfonamides is 1. The zero-order valence-corrected chi connectivity index (χ0v) is 35.0. The van der Waals surface area contributed by atoms with E-state index in [1.807, 2.05) is 0 Å². The molecule has 0 amide bonds. The Morgan fingerprint density at radius 1 is 0.941 bits per heavy atom. The van der Waals surface area contributed by atoms with Crippen LogP contribution in [0.2, 0.25) is 51.4 Å². The molecule has 2 atom stereocenters. The molecule has 0 bridgehead atoms. The Labute approximate surface area is 309 Å². The lowest BCUT2D eigenvalue weighted by atomic mass is 9.89. The first-order valence-electron chi connectivity index (χ1n) is 18.1. The van der Waals surface area contributed by atoms with Gasteiger partial charge in [-0.1, -0.05) is 94.4 Å². The standard InChI is InChI=1S/C40H61NO7SSi2/c1-31-17-20-36(15-10-11-16-38(31)40-32(2)13-12-14-33(40)3)48-37-21-18-34(19-22-37)35(27-39(42)43)28-49(44,45)41(29-46-23-25-50(4,5)6)30-47-24-26-51(7,8)9/h10-14,16,18-19,21-22,35-36H,1,15,17,20,23-30H2,2-9H3,(H,42,43)/b11-10-,38-16?/t35?,36-/m0/s1. The maximum absolute atomic E-state index is 13.8. The van der Waals surface area contributed by atoms with E-state index in [0.717, 1.165) is 42.5 Å². The van der Waals surface area contributed by atoms with Gasteiger partial charge in [0.25, 0.3) is 0 Å². The summed E-state index contributed by atoms with van der Waals surface area (Å²) < 4.78 is 47.0. The first-order chi connectivity index (χ1) is 23.8. The van der Waals surface area contributed by atoms with Crippen LogP contribution in [-0.2, 0) is 24.3 Å². The van der Waals surface area contributed by atoms with Crippen molar-refractivity contribution in [3.05, 3.63) is 95.1 Å². The van der Waals surface area contributed by atoms with Crippen molar-refractivity contribution >= 4 is 37.7 Å².